The van der Waals surface area contributed by atoms with Gasteiger partial charge >= 0.3 is 5.97 Å². The molecule has 0 saturated carbocycles. The van der Waals surface area contributed by atoms with Gasteiger partial charge in [0.15, 0.2) is 0 Å². The van der Waals surface area contributed by atoms with Gasteiger partial charge in [-0.25, -0.2) is 4.79 Å². The van der Waals surface area contributed by atoms with E-state index >= 15 is 0 Å². The van der Waals surface area contributed by atoms with Crippen LogP contribution in [0.4, 0.5) is 5.69 Å². The van der Waals surface area contributed by atoms with Gasteiger partial charge in [0.1, 0.15) is 6.61 Å². The minimum atomic E-state index is -0.350. The Bertz CT molecular complexity index is 416. The summed E-state index contributed by atoms with van der Waals surface area (Å²) in [4.78, 5) is 11.8. The molecule has 0 heterocycles. The van der Waals surface area contributed by atoms with E-state index in [1.54, 1.807) is 18.2 Å². The Morgan fingerprint density at radius 3 is 2.68 bits per heavy atom. The molecule has 19 heavy (non-hydrogen) atoms. The van der Waals surface area contributed by atoms with Crippen LogP contribution in [0, 0.1) is 12.8 Å². The number of esters is 1. The fraction of sp³-hybridized carbons (Fsp3) is 0.533. The minimum absolute atomic E-state index is 0.269. The van der Waals surface area contributed by atoms with Crippen LogP contribution in [0.15, 0.2) is 18.2 Å². The normalized spacial score (nSPS) is 10.7. The molecule has 0 aliphatic rings. The minimum Gasteiger partial charge on any atom is -0.460 e. The number of hydrogen-bond donors (Lipinski definition) is 1. The zero-order valence-corrected chi connectivity index (χ0v) is 11.9. The first-order valence-electron chi connectivity index (χ1n) is 6.62. The predicted molar refractivity (Wildman–Crippen MR) is 76.1 cm³/mol. The molecule has 106 valence electrons. The van der Waals surface area contributed by atoms with Crippen LogP contribution >= 0.6 is 0 Å². The van der Waals surface area contributed by atoms with Crippen molar-refractivity contribution in [2.45, 2.75) is 27.2 Å². The van der Waals surface area contributed by atoms with E-state index in [4.69, 9.17) is 15.2 Å². The summed E-state index contributed by atoms with van der Waals surface area (Å²) in [5.74, 6) is 0.273. The van der Waals surface area contributed by atoms with Gasteiger partial charge in [0.05, 0.1) is 12.2 Å². The highest BCUT2D eigenvalue weighted by Gasteiger charge is 2.11. The van der Waals surface area contributed by atoms with Crippen molar-refractivity contribution in [1.82, 2.24) is 0 Å². The summed E-state index contributed by atoms with van der Waals surface area (Å²) < 4.78 is 10.5. The highest BCUT2D eigenvalue weighted by atomic mass is 16.6. The van der Waals surface area contributed by atoms with Crippen LogP contribution in [0.2, 0.25) is 0 Å². The number of anilines is 1. The topological polar surface area (TPSA) is 61.6 Å². The Balaban J connectivity index is 2.30. The van der Waals surface area contributed by atoms with Crippen molar-refractivity contribution >= 4 is 11.7 Å². The van der Waals surface area contributed by atoms with Gasteiger partial charge in [0.2, 0.25) is 0 Å². The van der Waals surface area contributed by atoms with E-state index in [1.807, 2.05) is 6.92 Å². The van der Waals surface area contributed by atoms with E-state index in [-0.39, 0.29) is 12.6 Å². The standard InChI is InChI=1S/C15H23NO3/c1-11(2)7-8-18-9-10-19-15(17)13-5-4-6-14(16)12(13)3/h4-6,11H,7-10,16H2,1-3H3. The largest absolute Gasteiger partial charge is 0.460 e. The predicted octanol–water partition coefficient (Wildman–Crippen LogP) is 2.80. The number of nitrogen functional groups attached to an aromatic ring is 1. The Morgan fingerprint density at radius 2 is 2.00 bits per heavy atom. The van der Waals surface area contributed by atoms with Gasteiger partial charge in [-0.1, -0.05) is 19.9 Å². The van der Waals surface area contributed by atoms with Crippen LogP contribution in [0.5, 0.6) is 0 Å². The van der Waals surface area contributed by atoms with E-state index in [9.17, 15) is 4.79 Å². The number of rotatable bonds is 7. The van der Waals surface area contributed by atoms with Gasteiger partial charge < -0.3 is 15.2 Å². The van der Waals surface area contributed by atoms with E-state index in [0.29, 0.717) is 30.4 Å². The first-order chi connectivity index (χ1) is 9.02. The number of hydrogen-bond acceptors (Lipinski definition) is 4. The lowest BCUT2D eigenvalue weighted by Crippen LogP contribution is -2.13. The van der Waals surface area contributed by atoms with Gasteiger partial charge in [0.25, 0.3) is 0 Å². The zero-order chi connectivity index (χ0) is 14.3. The summed E-state index contributed by atoms with van der Waals surface area (Å²) >= 11 is 0. The Morgan fingerprint density at radius 1 is 1.26 bits per heavy atom. The Kier molecular flexibility index (Phi) is 6.36. The van der Waals surface area contributed by atoms with Crippen molar-refractivity contribution in [3.8, 4) is 0 Å². The summed E-state index contributed by atoms with van der Waals surface area (Å²) in [5, 5.41) is 0. The molecule has 0 aromatic heterocycles. The second-order valence-corrected chi connectivity index (χ2v) is 4.95. The maximum absolute atomic E-state index is 11.8. The van der Waals surface area contributed by atoms with Crippen molar-refractivity contribution < 1.29 is 14.3 Å². The fourth-order valence-corrected chi connectivity index (χ4v) is 1.57. The molecule has 4 nitrogen and oxygen atoms in total. The van der Waals surface area contributed by atoms with Crippen LogP contribution in [-0.2, 0) is 9.47 Å². The van der Waals surface area contributed by atoms with Gasteiger partial charge in [-0.2, -0.15) is 0 Å². The third kappa shape index (κ3) is 5.30. The molecule has 0 saturated heterocycles. The van der Waals surface area contributed by atoms with E-state index in [2.05, 4.69) is 13.8 Å². The molecule has 1 rings (SSSR count). The van der Waals surface area contributed by atoms with Crippen LogP contribution in [0.25, 0.3) is 0 Å². The molecule has 0 amide bonds. The molecule has 0 spiro atoms. The molecule has 0 bridgehead atoms. The summed E-state index contributed by atoms with van der Waals surface area (Å²) in [7, 11) is 0. The lowest BCUT2D eigenvalue weighted by molar-refractivity contribution is 0.0302. The number of nitrogens with two attached hydrogens (primary N) is 1. The number of carbonyl (C=O) groups is 1. The first-order valence-corrected chi connectivity index (χ1v) is 6.62. The Hall–Kier alpha value is -1.55. The molecule has 0 aliphatic heterocycles. The smallest absolute Gasteiger partial charge is 0.338 e. The quantitative estimate of drug-likeness (QED) is 0.468. The van der Waals surface area contributed by atoms with Gasteiger partial charge in [-0.05, 0) is 37.0 Å². The second-order valence-electron chi connectivity index (χ2n) is 4.95. The van der Waals surface area contributed by atoms with Crippen LogP contribution < -0.4 is 5.73 Å². The molecule has 0 atom stereocenters. The molecule has 1 aromatic rings. The molecule has 2 N–H and O–H groups in total. The van der Waals surface area contributed by atoms with Crippen LogP contribution in [0.1, 0.15) is 36.2 Å². The lowest BCUT2D eigenvalue weighted by Gasteiger charge is -2.09. The van der Waals surface area contributed by atoms with E-state index < -0.39 is 0 Å². The fourth-order valence-electron chi connectivity index (χ4n) is 1.57. The highest BCUT2D eigenvalue weighted by molar-refractivity contribution is 5.92. The van der Waals surface area contributed by atoms with Crippen LogP contribution in [0.3, 0.4) is 0 Å². The van der Waals surface area contributed by atoms with Crippen molar-refractivity contribution in [2.75, 3.05) is 25.6 Å². The summed E-state index contributed by atoms with van der Waals surface area (Å²) in [5.41, 5.74) is 7.62. The average molecular weight is 265 g/mol. The molecule has 0 unspecified atom stereocenters. The van der Waals surface area contributed by atoms with Gasteiger partial charge in [-0.3, -0.25) is 0 Å². The second kappa shape index (κ2) is 7.79. The monoisotopic (exact) mass is 265 g/mol. The maximum atomic E-state index is 11.8. The van der Waals surface area contributed by atoms with Crippen molar-refractivity contribution in [2.24, 2.45) is 5.92 Å². The molecular weight excluding hydrogens is 242 g/mol. The third-order valence-electron chi connectivity index (χ3n) is 2.90. The molecule has 4 heteroatoms. The van der Waals surface area contributed by atoms with Gasteiger partial charge in [-0.15, -0.1) is 0 Å². The maximum Gasteiger partial charge on any atom is 0.338 e. The summed E-state index contributed by atoms with van der Waals surface area (Å²) in [6.45, 7) is 7.50. The lowest BCUT2D eigenvalue weighted by atomic mass is 10.1. The van der Waals surface area contributed by atoms with E-state index in [0.717, 1.165) is 12.0 Å². The summed E-state index contributed by atoms with van der Waals surface area (Å²) in [6, 6.07) is 5.23. The molecular formula is C15H23NO3. The SMILES string of the molecule is Cc1c(N)cccc1C(=O)OCCOCCC(C)C. The van der Waals surface area contributed by atoms with Crippen molar-refractivity contribution in [1.29, 1.82) is 0 Å². The first kappa shape index (κ1) is 15.5. The highest BCUT2D eigenvalue weighted by Crippen LogP contribution is 2.16. The molecule has 0 radical (unpaired) electrons. The van der Waals surface area contributed by atoms with E-state index in [1.165, 1.54) is 0 Å². The third-order valence-corrected chi connectivity index (χ3v) is 2.90. The number of ether oxygens (including phenoxy) is 2. The molecule has 1 aromatic carbocycles. The Labute approximate surface area is 114 Å². The summed E-state index contributed by atoms with van der Waals surface area (Å²) in [6.07, 6.45) is 1.02. The molecule has 0 aliphatic carbocycles. The van der Waals surface area contributed by atoms with Crippen LogP contribution in [-0.4, -0.2) is 25.8 Å². The zero-order valence-electron chi connectivity index (χ0n) is 11.9. The average Bonchev–Trinajstić information content (AvgIpc) is 2.36. The van der Waals surface area contributed by atoms with Gasteiger partial charge in [0, 0.05) is 12.3 Å². The van der Waals surface area contributed by atoms with Crippen molar-refractivity contribution in [3.05, 3.63) is 29.3 Å². The van der Waals surface area contributed by atoms with Crippen molar-refractivity contribution in [3.63, 3.8) is 0 Å². The number of benzene rings is 1. The number of carbonyl (C=O) groups excluding carboxylic acids is 1. The molecule has 0 fully saturated rings.